The molecule has 6 heteroatoms. The van der Waals surface area contributed by atoms with Gasteiger partial charge in [-0.1, -0.05) is 68.5 Å². The van der Waals surface area contributed by atoms with E-state index in [0.29, 0.717) is 5.69 Å². The number of hydrogen-bond donors (Lipinski definition) is 2. The molecule has 0 unspecified atom stereocenters. The fraction of sp³-hybridized carbons (Fsp3) is 0.238. The number of carboxylic acid groups (broad SMARTS) is 1. The molecule has 2 aromatic rings. The van der Waals surface area contributed by atoms with E-state index in [-0.39, 0.29) is 18.2 Å². The van der Waals surface area contributed by atoms with Crippen molar-refractivity contribution < 1.29 is 19.5 Å². The van der Waals surface area contributed by atoms with Gasteiger partial charge in [0.15, 0.2) is 0 Å². The van der Waals surface area contributed by atoms with Crippen LogP contribution in [-0.4, -0.2) is 23.5 Å². The number of benzene rings is 2. The molecule has 6 nitrogen and oxygen atoms in total. The summed E-state index contributed by atoms with van der Waals surface area (Å²) >= 11 is 0. The van der Waals surface area contributed by atoms with Crippen LogP contribution in [0.2, 0.25) is 0 Å². The molecule has 0 radical (unpaired) electrons. The number of aliphatic carboxylic acids is 1. The highest BCUT2D eigenvalue weighted by molar-refractivity contribution is 6.07. The molecule has 0 atom stereocenters. The van der Waals surface area contributed by atoms with Crippen LogP contribution in [0, 0.1) is 5.92 Å². The van der Waals surface area contributed by atoms with Crippen molar-refractivity contribution >= 4 is 17.6 Å². The quantitative estimate of drug-likeness (QED) is 0.524. The van der Waals surface area contributed by atoms with Gasteiger partial charge in [0.25, 0.3) is 5.91 Å². The summed E-state index contributed by atoms with van der Waals surface area (Å²) in [7, 11) is 0. The van der Waals surface area contributed by atoms with E-state index in [1.807, 2.05) is 44.2 Å². The van der Waals surface area contributed by atoms with Gasteiger partial charge in [-0.3, -0.25) is 24.8 Å². The van der Waals surface area contributed by atoms with Crippen LogP contribution < -0.4 is 10.4 Å². The maximum atomic E-state index is 13.0. The van der Waals surface area contributed by atoms with E-state index in [4.69, 9.17) is 4.84 Å². The first-order valence-corrected chi connectivity index (χ1v) is 8.69. The van der Waals surface area contributed by atoms with E-state index in [1.165, 1.54) is 4.90 Å². The van der Waals surface area contributed by atoms with Crippen molar-refractivity contribution in [3.63, 3.8) is 0 Å². The second kappa shape index (κ2) is 10.1. The minimum atomic E-state index is -1.10. The van der Waals surface area contributed by atoms with Crippen molar-refractivity contribution in [2.75, 3.05) is 11.4 Å². The lowest BCUT2D eigenvalue weighted by molar-refractivity contribution is -0.136. The Morgan fingerprint density at radius 3 is 2.22 bits per heavy atom. The van der Waals surface area contributed by atoms with Gasteiger partial charge in [-0.05, 0) is 23.6 Å². The van der Waals surface area contributed by atoms with Crippen LogP contribution in [0.3, 0.4) is 0 Å². The number of carboxylic acids is 1. The van der Waals surface area contributed by atoms with E-state index >= 15 is 0 Å². The molecular weight excluding hydrogens is 344 g/mol. The third-order valence-corrected chi connectivity index (χ3v) is 3.60. The zero-order valence-electron chi connectivity index (χ0n) is 15.5. The average molecular weight is 368 g/mol. The Labute approximate surface area is 159 Å². The molecule has 142 valence electrons. The molecule has 0 bridgehead atoms. The Kier molecular flexibility index (Phi) is 7.58. The molecule has 2 aromatic carbocycles. The normalized spacial score (nSPS) is 11.3. The molecular formula is C21H24N2O4. The number of para-hydroxylation sites is 1. The van der Waals surface area contributed by atoms with Gasteiger partial charge >= 0.3 is 5.97 Å². The Bertz CT molecular complexity index is 773. The lowest BCUT2D eigenvalue weighted by Gasteiger charge is -2.23. The highest BCUT2D eigenvalue weighted by Gasteiger charge is 2.23. The zero-order chi connectivity index (χ0) is 19.6. The predicted molar refractivity (Wildman–Crippen MR) is 104 cm³/mol. The SMILES string of the molecule is CC(C)C=C(NOCc1ccccc1)C(=O)N(CC(=O)O)c1ccccc1. The zero-order valence-corrected chi connectivity index (χ0v) is 15.5. The topological polar surface area (TPSA) is 78.9 Å². The number of nitrogens with one attached hydrogen (secondary N) is 1. The summed E-state index contributed by atoms with van der Waals surface area (Å²) < 4.78 is 0. The molecule has 0 aliphatic rings. The van der Waals surface area contributed by atoms with Gasteiger partial charge in [-0.15, -0.1) is 0 Å². The number of anilines is 1. The van der Waals surface area contributed by atoms with Crippen molar-refractivity contribution in [2.24, 2.45) is 5.92 Å². The molecule has 0 heterocycles. The molecule has 0 aliphatic heterocycles. The molecule has 0 aromatic heterocycles. The number of rotatable bonds is 9. The summed E-state index contributed by atoms with van der Waals surface area (Å²) in [6.45, 7) is 3.68. The van der Waals surface area contributed by atoms with Gasteiger partial charge < -0.3 is 5.11 Å². The standard InChI is InChI=1S/C21H24N2O4/c1-16(2)13-19(22-27-15-17-9-5-3-6-10-17)21(26)23(14-20(24)25)18-11-7-4-8-12-18/h3-13,16,22H,14-15H2,1-2H3,(H,24,25). The summed E-state index contributed by atoms with van der Waals surface area (Å²) in [5.74, 6) is -1.49. The molecule has 0 fully saturated rings. The van der Waals surface area contributed by atoms with Gasteiger partial charge in [-0.25, -0.2) is 0 Å². The van der Waals surface area contributed by atoms with Crippen LogP contribution in [0.1, 0.15) is 19.4 Å². The van der Waals surface area contributed by atoms with E-state index in [1.54, 1.807) is 36.4 Å². The maximum absolute atomic E-state index is 13.0. The van der Waals surface area contributed by atoms with Crippen LogP contribution in [0.15, 0.2) is 72.4 Å². The summed E-state index contributed by atoms with van der Waals surface area (Å²) in [5, 5.41) is 9.22. The molecule has 1 amide bonds. The average Bonchev–Trinajstić information content (AvgIpc) is 2.66. The van der Waals surface area contributed by atoms with Crippen LogP contribution in [0.25, 0.3) is 0 Å². The third-order valence-electron chi connectivity index (χ3n) is 3.60. The number of hydrogen-bond acceptors (Lipinski definition) is 4. The second-order valence-corrected chi connectivity index (χ2v) is 6.32. The van der Waals surface area contributed by atoms with E-state index in [0.717, 1.165) is 5.56 Å². The van der Waals surface area contributed by atoms with Crippen molar-refractivity contribution in [3.05, 3.63) is 78.0 Å². The molecule has 0 saturated carbocycles. The molecule has 2 N–H and O–H groups in total. The fourth-order valence-electron chi connectivity index (χ4n) is 2.42. The minimum Gasteiger partial charge on any atom is -0.480 e. The highest BCUT2D eigenvalue weighted by atomic mass is 16.6. The van der Waals surface area contributed by atoms with E-state index in [9.17, 15) is 14.7 Å². The van der Waals surface area contributed by atoms with E-state index in [2.05, 4.69) is 5.48 Å². The van der Waals surface area contributed by atoms with Gasteiger partial charge in [0.2, 0.25) is 0 Å². The first-order valence-electron chi connectivity index (χ1n) is 8.69. The highest BCUT2D eigenvalue weighted by Crippen LogP contribution is 2.16. The van der Waals surface area contributed by atoms with E-state index < -0.39 is 18.4 Å². The lowest BCUT2D eigenvalue weighted by Crippen LogP contribution is -2.40. The number of carbonyl (C=O) groups excluding carboxylic acids is 1. The number of nitrogens with zero attached hydrogens (tertiary/aromatic N) is 1. The number of allylic oxidation sites excluding steroid dienone is 1. The molecule has 0 aliphatic carbocycles. The number of amides is 1. The van der Waals surface area contributed by atoms with Gasteiger partial charge in [0.05, 0.1) is 6.61 Å². The van der Waals surface area contributed by atoms with Gasteiger partial charge in [0, 0.05) is 5.69 Å². The van der Waals surface area contributed by atoms with Gasteiger partial charge in [0.1, 0.15) is 12.2 Å². The molecule has 0 saturated heterocycles. The van der Waals surface area contributed by atoms with Gasteiger partial charge in [-0.2, -0.15) is 0 Å². The molecule has 27 heavy (non-hydrogen) atoms. The predicted octanol–water partition coefficient (Wildman–Crippen LogP) is 3.37. The van der Waals surface area contributed by atoms with Crippen molar-refractivity contribution in [1.29, 1.82) is 0 Å². The Morgan fingerprint density at radius 1 is 1.07 bits per heavy atom. The first kappa shape index (κ1) is 20.2. The summed E-state index contributed by atoms with van der Waals surface area (Å²) in [6, 6.07) is 18.2. The summed E-state index contributed by atoms with van der Waals surface area (Å²) in [6.07, 6.45) is 1.71. The Hall–Kier alpha value is -3.12. The lowest BCUT2D eigenvalue weighted by atomic mass is 10.1. The maximum Gasteiger partial charge on any atom is 0.323 e. The van der Waals surface area contributed by atoms with Crippen LogP contribution in [-0.2, 0) is 21.0 Å². The van der Waals surface area contributed by atoms with Crippen LogP contribution >= 0.6 is 0 Å². The Morgan fingerprint density at radius 2 is 1.67 bits per heavy atom. The largest absolute Gasteiger partial charge is 0.480 e. The van der Waals surface area contributed by atoms with Crippen LogP contribution in [0.4, 0.5) is 5.69 Å². The summed E-state index contributed by atoms with van der Waals surface area (Å²) in [4.78, 5) is 31.0. The van der Waals surface area contributed by atoms with Crippen molar-refractivity contribution in [1.82, 2.24) is 5.48 Å². The molecule has 2 rings (SSSR count). The Balaban J connectivity index is 2.17. The second-order valence-electron chi connectivity index (χ2n) is 6.32. The monoisotopic (exact) mass is 368 g/mol. The third kappa shape index (κ3) is 6.60. The van der Waals surface area contributed by atoms with Crippen LogP contribution in [0.5, 0.6) is 0 Å². The van der Waals surface area contributed by atoms with Crippen molar-refractivity contribution in [2.45, 2.75) is 20.5 Å². The molecule has 0 spiro atoms. The minimum absolute atomic E-state index is 0.0687. The fourth-order valence-corrected chi connectivity index (χ4v) is 2.42. The van der Waals surface area contributed by atoms with Crippen molar-refractivity contribution in [3.8, 4) is 0 Å². The number of carbonyl (C=O) groups is 2. The smallest absolute Gasteiger partial charge is 0.323 e. The first-order chi connectivity index (χ1) is 13.0. The summed E-state index contributed by atoms with van der Waals surface area (Å²) in [5.41, 5.74) is 4.35. The number of hydroxylamine groups is 1.